The topological polar surface area (TPSA) is 58.8 Å². The van der Waals surface area contributed by atoms with E-state index in [-0.39, 0.29) is 18.1 Å². The zero-order valence-corrected chi connectivity index (χ0v) is 16.1. The van der Waals surface area contributed by atoms with E-state index in [0.717, 1.165) is 55.4 Å². The number of morpholine rings is 1. The molecule has 0 aliphatic carbocycles. The number of piperidine rings is 1. The number of hydrogen-bond donors (Lipinski definition) is 0. The molecule has 2 aliphatic heterocycles. The molecule has 2 aromatic heterocycles. The third-order valence-corrected chi connectivity index (χ3v) is 5.58. The normalized spacial score (nSPS) is 20.4. The molecule has 0 saturated carbocycles. The number of amides is 1. The van der Waals surface area contributed by atoms with E-state index in [0.29, 0.717) is 13.1 Å². The van der Waals surface area contributed by atoms with Gasteiger partial charge in [0.1, 0.15) is 18.1 Å². The number of aryl methyl sites for hydroxylation is 2. The lowest BCUT2D eigenvalue weighted by Gasteiger charge is -2.46. The molecule has 6 heteroatoms. The van der Waals surface area contributed by atoms with Gasteiger partial charge in [0.2, 0.25) is 5.91 Å². The molecular weight excluding hydrogens is 342 g/mol. The summed E-state index contributed by atoms with van der Waals surface area (Å²) in [6.45, 7) is 8.05. The highest BCUT2D eigenvalue weighted by atomic mass is 16.5. The first-order valence-electron chi connectivity index (χ1n) is 9.63. The highest BCUT2D eigenvalue weighted by Crippen LogP contribution is 2.31. The van der Waals surface area contributed by atoms with Gasteiger partial charge >= 0.3 is 0 Å². The minimum absolute atomic E-state index is 0.0532. The van der Waals surface area contributed by atoms with Crippen LogP contribution in [0.2, 0.25) is 0 Å². The van der Waals surface area contributed by atoms with Crippen molar-refractivity contribution >= 4 is 5.91 Å². The van der Waals surface area contributed by atoms with Crippen molar-refractivity contribution in [1.29, 1.82) is 0 Å². The molecule has 0 unspecified atom stereocenters. The fourth-order valence-electron chi connectivity index (χ4n) is 4.03. The van der Waals surface area contributed by atoms with Crippen molar-refractivity contribution in [2.45, 2.75) is 45.4 Å². The Morgan fingerprint density at radius 2 is 1.93 bits per heavy atom. The van der Waals surface area contributed by atoms with Crippen molar-refractivity contribution in [1.82, 2.24) is 14.8 Å². The standard InChI is InChI=1S/C21H27N3O3/c1-16-4-3-5-18(22-16)12-24-15-21(26-14-20(24)25)8-10-23(11-9-21)13-19-7-6-17(2)27-19/h3-7H,8-15H2,1-2H3. The maximum atomic E-state index is 12.4. The van der Waals surface area contributed by atoms with E-state index in [1.807, 2.05) is 49.1 Å². The van der Waals surface area contributed by atoms with Crippen LogP contribution in [0.25, 0.3) is 0 Å². The second kappa shape index (κ2) is 7.44. The van der Waals surface area contributed by atoms with Crippen molar-refractivity contribution in [2.75, 3.05) is 26.2 Å². The van der Waals surface area contributed by atoms with E-state index in [9.17, 15) is 4.79 Å². The fourth-order valence-corrected chi connectivity index (χ4v) is 4.03. The molecule has 0 atom stereocenters. The number of likely N-dealkylation sites (tertiary alicyclic amines) is 1. The van der Waals surface area contributed by atoms with Crippen molar-refractivity contribution in [2.24, 2.45) is 0 Å². The summed E-state index contributed by atoms with van der Waals surface area (Å²) >= 11 is 0. The molecule has 4 rings (SSSR count). The third kappa shape index (κ3) is 4.22. The van der Waals surface area contributed by atoms with E-state index in [1.165, 1.54) is 0 Å². The van der Waals surface area contributed by atoms with Gasteiger partial charge in [0, 0.05) is 18.8 Å². The fraction of sp³-hybridized carbons (Fsp3) is 0.524. The molecule has 1 spiro atoms. The molecular formula is C21H27N3O3. The Bertz CT molecular complexity index is 809. The van der Waals surface area contributed by atoms with Crippen LogP contribution in [-0.2, 0) is 22.6 Å². The van der Waals surface area contributed by atoms with E-state index in [1.54, 1.807) is 0 Å². The van der Waals surface area contributed by atoms with Gasteiger partial charge in [0.05, 0.1) is 30.9 Å². The molecule has 2 aromatic rings. The van der Waals surface area contributed by atoms with Crippen molar-refractivity contribution in [3.63, 3.8) is 0 Å². The summed E-state index contributed by atoms with van der Waals surface area (Å²) in [6, 6.07) is 10.0. The van der Waals surface area contributed by atoms with Crippen molar-refractivity contribution in [3.05, 3.63) is 53.2 Å². The first-order chi connectivity index (χ1) is 13.0. The van der Waals surface area contributed by atoms with Crippen LogP contribution in [0.5, 0.6) is 0 Å². The zero-order chi connectivity index (χ0) is 18.9. The Labute approximate surface area is 160 Å². The molecule has 2 saturated heterocycles. The first kappa shape index (κ1) is 18.2. The second-order valence-corrected chi connectivity index (χ2v) is 7.78. The average molecular weight is 369 g/mol. The third-order valence-electron chi connectivity index (χ3n) is 5.58. The van der Waals surface area contributed by atoms with Crippen LogP contribution in [-0.4, -0.2) is 52.5 Å². The number of nitrogens with zero attached hydrogens (tertiary/aromatic N) is 3. The molecule has 0 N–H and O–H groups in total. The lowest BCUT2D eigenvalue weighted by atomic mass is 9.89. The highest BCUT2D eigenvalue weighted by Gasteiger charge is 2.42. The Morgan fingerprint density at radius 1 is 1.11 bits per heavy atom. The summed E-state index contributed by atoms with van der Waals surface area (Å²) in [4.78, 5) is 21.2. The van der Waals surface area contributed by atoms with Crippen LogP contribution in [0, 0.1) is 13.8 Å². The summed E-state index contributed by atoms with van der Waals surface area (Å²) in [6.07, 6.45) is 1.86. The maximum Gasteiger partial charge on any atom is 0.249 e. The van der Waals surface area contributed by atoms with E-state index >= 15 is 0 Å². The van der Waals surface area contributed by atoms with Crippen molar-refractivity contribution < 1.29 is 13.9 Å². The number of furan rings is 1. The van der Waals surface area contributed by atoms with Gasteiger partial charge in [-0.1, -0.05) is 6.07 Å². The molecule has 27 heavy (non-hydrogen) atoms. The molecule has 2 aliphatic rings. The monoisotopic (exact) mass is 369 g/mol. The lowest BCUT2D eigenvalue weighted by molar-refractivity contribution is -0.173. The molecule has 0 aromatic carbocycles. The predicted molar refractivity (Wildman–Crippen MR) is 101 cm³/mol. The summed E-state index contributed by atoms with van der Waals surface area (Å²) in [5, 5.41) is 0. The van der Waals surface area contributed by atoms with Gasteiger partial charge < -0.3 is 14.1 Å². The van der Waals surface area contributed by atoms with Gasteiger partial charge in [0.25, 0.3) is 0 Å². The number of carbonyl (C=O) groups is 1. The molecule has 0 radical (unpaired) electrons. The van der Waals surface area contributed by atoms with Crippen LogP contribution in [0.4, 0.5) is 0 Å². The van der Waals surface area contributed by atoms with Crippen LogP contribution in [0.3, 0.4) is 0 Å². The Morgan fingerprint density at radius 3 is 2.63 bits per heavy atom. The quantitative estimate of drug-likeness (QED) is 0.829. The number of rotatable bonds is 4. The number of aromatic nitrogens is 1. The Hall–Kier alpha value is -2.18. The van der Waals surface area contributed by atoms with Crippen LogP contribution in [0.15, 0.2) is 34.7 Å². The number of pyridine rings is 1. The lowest BCUT2D eigenvalue weighted by Crippen LogP contribution is -2.58. The molecule has 6 nitrogen and oxygen atoms in total. The minimum Gasteiger partial charge on any atom is -0.465 e. The molecule has 1 amide bonds. The summed E-state index contributed by atoms with van der Waals surface area (Å²) < 4.78 is 11.7. The summed E-state index contributed by atoms with van der Waals surface area (Å²) in [5.74, 6) is 2.01. The van der Waals surface area contributed by atoms with E-state index in [4.69, 9.17) is 9.15 Å². The number of ether oxygens (including phenoxy) is 1. The zero-order valence-electron chi connectivity index (χ0n) is 16.1. The Balaban J connectivity index is 1.37. The van der Waals surface area contributed by atoms with Crippen LogP contribution < -0.4 is 0 Å². The number of hydrogen-bond acceptors (Lipinski definition) is 5. The minimum atomic E-state index is -0.229. The molecule has 144 valence electrons. The van der Waals surface area contributed by atoms with Gasteiger partial charge in [0.15, 0.2) is 0 Å². The number of carbonyl (C=O) groups excluding carboxylic acids is 1. The molecule has 4 heterocycles. The van der Waals surface area contributed by atoms with Gasteiger partial charge in [-0.2, -0.15) is 0 Å². The first-order valence-corrected chi connectivity index (χ1v) is 9.63. The second-order valence-electron chi connectivity index (χ2n) is 7.78. The largest absolute Gasteiger partial charge is 0.465 e. The SMILES string of the molecule is Cc1cccc(CN2CC3(CCN(Cc4ccc(C)o4)CC3)OCC2=O)n1. The Kier molecular flexibility index (Phi) is 5.02. The van der Waals surface area contributed by atoms with E-state index in [2.05, 4.69) is 9.88 Å². The summed E-state index contributed by atoms with van der Waals surface area (Å²) in [5.41, 5.74) is 1.68. The van der Waals surface area contributed by atoms with Crippen LogP contribution in [0.1, 0.15) is 35.7 Å². The molecule has 2 fully saturated rings. The van der Waals surface area contributed by atoms with Gasteiger partial charge in [-0.15, -0.1) is 0 Å². The van der Waals surface area contributed by atoms with Crippen molar-refractivity contribution in [3.8, 4) is 0 Å². The van der Waals surface area contributed by atoms with Gasteiger partial charge in [-0.05, 0) is 51.0 Å². The predicted octanol–water partition coefficient (Wildman–Crippen LogP) is 2.69. The molecule has 0 bridgehead atoms. The average Bonchev–Trinajstić information content (AvgIpc) is 3.05. The van der Waals surface area contributed by atoms with Crippen LogP contribution >= 0.6 is 0 Å². The van der Waals surface area contributed by atoms with E-state index < -0.39 is 0 Å². The summed E-state index contributed by atoms with van der Waals surface area (Å²) in [7, 11) is 0. The maximum absolute atomic E-state index is 12.4. The van der Waals surface area contributed by atoms with Gasteiger partial charge in [-0.3, -0.25) is 14.7 Å². The van der Waals surface area contributed by atoms with Gasteiger partial charge in [-0.25, -0.2) is 0 Å². The smallest absolute Gasteiger partial charge is 0.249 e. The highest BCUT2D eigenvalue weighted by molar-refractivity contribution is 5.78.